The predicted molar refractivity (Wildman–Crippen MR) is 97.2 cm³/mol. The van der Waals surface area contributed by atoms with Crippen molar-refractivity contribution in [3.63, 3.8) is 0 Å². The summed E-state index contributed by atoms with van der Waals surface area (Å²) >= 11 is 1.56. The number of thioether (sulfide) groups is 1. The van der Waals surface area contributed by atoms with Gasteiger partial charge in [0.05, 0.1) is 5.88 Å². The Hall–Kier alpha value is -2.02. The Balaban J connectivity index is 1.30. The molecule has 6 nitrogen and oxygen atoms in total. The van der Waals surface area contributed by atoms with Crippen LogP contribution in [0, 0.1) is 5.92 Å². The van der Waals surface area contributed by atoms with E-state index in [0.717, 1.165) is 24.8 Å². The molecular weight excluding hydrogens is 352 g/mol. The summed E-state index contributed by atoms with van der Waals surface area (Å²) in [5.74, 6) is 0.567. The second-order valence-electron chi connectivity index (χ2n) is 7.04. The molecule has 1 unspecified atom stereocenters. The molecular formula is C19H22N2O4S. The van der Waals surface area contributed by atoms with Crippen LogP contribution < -0.4 is 0 Å². The Morgan fingerprint density at radius 3 is 2.69 bits per heavy atom. The standard InChI is InChI=1S/C19H22N2O4S/c22-17(20-8-7-13-3-1-2-4-15(13)9-20)10-25-19(24)16-11-26-12-21(16)18(23)14-5-6-14/h1-4,14,16H,5-12H2. The van der Waals surface area contributed by atoms with Gasteiger partial charge in [-0.3, -0.25) is 9.59 Å². The number of hydrogen-bond donors (Lipinski definition) is 0. The van der Waals surface area contributed by atoms with Gasteiger partial charge in [0.15, 0.2) is 6.61 Å². The molecule has 0 spiro atoms. The molecule has 2 amide bonds. The van der Waals surface area contributed by atoms with Crippen LogP contribution in [0.15, 0.2) is 24.3 Å². The Kier molecular flexibility index (Phi) is 4.89. The molecule has 1 aromatic rings. The molecule has 4 rings (SSSR count). The molecule has 26 heavy (non-hydrogen) atoms. The third-order valence-electron chi connectivity index (χ3n) is 5.19. The van der Waals surface area contributed by atoms with Crippen LogP contribution in [-0.4, -0.2) is 58.4 Å². The minimum atomic E-state index is -0.553. The zero-order valence-corrected chi connectivity index (χ0v) is 15.4. The number of hydrogen-bond acceptors (Lipinski definition) is 5. The molecule has 2 fully saturated rings. The SMILES string of the molecule is O=C(OCC(=O)N1CCc2ccccc2C1)C1CSCN1C(=O)C1CC1. The molecule has 0 bridgehead atoms. The monoisotopic (exact) mass is 374 g/mol. The van der Waals surface area contributed by atoms with Crippen LogP contribution in [0.5, 0.6) is 0 Å². The first-order valence-corrected chi connectivity index (χ1v) is 10.2. The zero-order chi connectivity index (χ0) is 18.1. The van der Waals surface area contributed by atoms with Crippen molar-refractivity contribution in [1.82, 2.24) is 9.80 Å². The number of ether oxygens (including phenoxy) is 1. The molecule has 2 aliphatic heterocycles. The van der Waals surface area contributed by atoms with E-state index < -0.39 is 12.0 Å². The largest absolute Gasteiger partial charge is 0.454 e. The maximum Gasteiger partial charge on any atom is 0.330 e. The van der Waals surface area contributed by atoms with Crippen molar-refractivity contribution >= 4 is 29.5 Å². The van der Waals surface area contributed by atoms with Crippen LogP contribution in [0.1, 0.15) is 24.0 Å². The van der Waals surface area contributed by atoms with Gasteiger partial charge in [-0.05, 0) is 30.4 Å². The van der Waals surface area contributed by atoms with Gasteiger partial charge in [-0.15, -0.1) is 11.8 Å². The summed E-state index contributed by atoms with van der Waals surface area (Å²) in [5.41, 5.74) is 2.41. The van der Waals surface area contributed by atoms with Gasteiger partial charge in [0.1, 0.15) is 6.04 Å². The average molecular weight is 374 g/mol. The lowest BCUT2D eigenvalue weighted by atomic mass is 10.00. The second kappa shape index (κ2) is 7.31. The highest BCUT2D eigenvalue weighted by Crippen LogP contribution is 2.34. The summed E-state index contributed by atoms with van der Waals surface area (Å²) in [6.45, 7) is 0.935. The topological polar surface area (TPSA) is 66.9 Å². The molecule has 0 radical (unpaired) electrons. The molecule has 3 aliphatic rings. The number of benzene rings is 1. The van der Waals surface area contributed by atoms with E-state index in [1.807, 2.05) is 18.2 Å². The molecule has 0 aromatic heterocycles. The van der Waals surface area contributed by atoms with E-state index in [2.05, 4.69) is 6.07 Å². The molecule has 7 heteroatoms. The Bertz CT molecular complexity index is 734. The highest BCUT2D eigenvalue weighted by atomic mass is 32.2. The van der Waals surface area contributed by atoms with Gasteiger partial charge in [-0.25, -0.2) is 4.79 Å². The Labute approximate surface area is 156 Å². The van der Waals surface area contributed by atoms with Gasteiger partial charge >= 0.3 is 5.97 Å². The van der Waals surface area contributed by atoms with E-state index in [9.17, 15) is 14.4 Å². The van der Waals surface area contributed by atoms with Gasteiger partial charge < -0.3 is 14.5 Å². The van der Waals surface area contributed by atoms with Crippen molar-refractivity contribution in [2.24, 2.45) is 5.92 Å². The fraction of sp³-hybridized carbons (Fsp3) is 0.526. The Morgan fingerprint density at radius 2 is 1.92 bits per heavy atom. The van der Waals surface area contributed by atoms with Crippen LogP contribution in [0.4, 0.5) is 0 Å². The van der Waals surface area contributed by atoms with Crippen molar-refractivity contribution in [2.45, 2.75) is 31.8 Å². The van der Waals surface area contributed by atoms with E-state index in [1.54, 1.807) is 21.6 Å². The number of carbonyl (C=O) groups excluding carboxylic acids is 3. The summed E-state index contributed by atoms with van der Waals surface area (Å²) in [7, 11) is 0. The molecule has 1 atom stereocenters. The third-order valence-corrected chi connectivity index (χ3v) is 6.20. The van der Waals surface area contributed by atoms with Crippen LogP contribution in [0.2, 0.25) is 0 Å². The number of nitrogens with zero attached hydrogens (tertiary/aromatic N) is 2. The van der Waals surface area contributed by atoms with Crippen molar-refractivity contribution in [1.29, 1.82) is 0 Å². The van der Waals surface area contributed by atoms with E-state index in [-0.39, 0.29) is 24.3 Å². The van der Waals surface area contributed by atoms with Crippen molar-refractivity contribution in [2.75, 3.05) is 24.8 Å². The predicted octanol–water partition coefficient (Wildman–Crippen LogP) is 1.43. The van der Waals surface area contributed by atoms with E-state index in [4.69, 9.17) is 4.74 Å². The number of esters is 1. The maximum atomic E-state index is 12.4. The van der Waals surface area contributed by atoms with Gasteiger partial charge in [0, 0.05) is 24.8 Å². The van der Waals surface area contributed by atoms with Crippen LogP contribution in [-0.2, 0) is 32.1 Å². The zero-order valence-electron chi connectivity index (χ0n) is 14.6. The highest BCUT2D eigenvalue weighted by Gasteiger charge is 2.42. The quantitative estimate of drug-likeness (QED) is 0.746. The summed E-state index contributed by atoms with van der Waals surface area (Å²) in [5, 5.41) is 0. The minimum absolute atomic E-state index is 0.0518. The molecule has 0 N–H and O–H groups in total. The van der Waals surface area contributed by atoms with Gasteiger partial charge in [0.25, 0.3) is 5.91 Å². The first-order valence-electron chi connectivity index (χ1n) is 9.03. The van der Waals surface area contributed by atoms with Gasteiger partial charge in [0.2, 0.25) is 5.91 Å². The number of amides is 2. The molecule has 1 aromatic carbocycles. The van der Waals surface area contributed by atoms with Crippen molar-refractivity contribution in [3.8, 4) is 0 Å². The maximum absolute atomic E-state index is 12.4. The third kappa shape index (κ3) is 3.58. The Morgan fingerprint density at radius 1 is 1.15 bits per heavy atom. The molecule has 1 saturated carbocycles. The van der Waals surface area contributed by atoms with Crippen molar-refractivity contribution in [3.05, 3.63) is 35.4 Å². The van der Waals surface area contributed by atoms with E-state index in [0.29, 0.717) is 24.7 Å². The van der Waals surface area contributed by atoms with Crippen molar-refractivity contribution < 1.29 is 19.1 Å². The number of carbonyl (C=O) groups is 3. The highest BCUT2D eigenvalue weighted by molar-refractivity contribution is 7.99. The van der Waals surface area contributed by atoms with Crippen LogP contribution >= 0.6 is 11.8 Å². The number of rotatable bonds is 4. The smallest absolute Gasteiger partial charge is 0.330 e. The lowest BCUT2D eigenvalue weighted by Gasteiger charge is -2.29. The average Bonchev–Trinajstić information content (AvgIpc) is 3.41. The summed E-state index contributed by atoms with van der Waals surface area (Å²) in [6, 6.07) is 7.53. The summed E-state index contributed by atoms with van der Waals surface area (Å²) in [6.07, 6.45) is 2.65. The summed E-state index contributed by atoms with van der Waals surface area (Å²) < 4.78 is 5.27. The lowest BCUT2D eigenvalue weighted by Crippen LogP contribution is -2.45. The molecule has 1 saturated heterocycles. The minimum Gasteiger partial charge on any atom is -0.454 e. The normalized spacial score (nSPS) is 22.1. The van der Waals surface area contributed by atoms with Gasteiger partial charge in [-0.1, -0.05) is 24.3 Å². The lowest BCUT2D eigenvalue weighted by molar-refractivity contribution is -0.158. The first kappa shape index (κ1) is 17.4. The van der Waals surface area contributed by atoms with Crippen LogP contribution in [0.3, 0.4) is 0 Å². The molecule has 1 aliphatic carbocycles. The van der Waals surface area contributed by atoms with E-state index >= 15 is 0 Å². The van der Waals surface area contributed by atoms with E-state index in [1.165, 1.54) is 5.56 Å². The fourth-order valence-electron chi connectivity index (χ4n) is 3.45. The molecule has 2 heterocycles. The fourth-order valence-corrected chi connectivity index (χ4v) is 4.60. The summed E-state index contributed by atoms with van der Waals surface area (Å²) in [4.78, 5) is 40.4. The van der Waals surface area contributed by atoms with Gasteiger partial charge in [-0.2, -0.15) is 0 Å². The van der Waals surface area contributed by atoms with Crippen LogP contribution in [0.25, 0.3) is 0 Å². The number of fused-ring (bicyclic) bond motifs is 1. The first-order chi connectivity index (χ1) is 12.6. The second-order valence-corrected chi connectivity index (χ2v) is 8.04. The molecule has 138 valence electrons.